The number of aliphatic hydroxyl groups excluding tert-OH is 1. The topological polar surface area (TPSA) is 131 Å². The van der Waals surface area contributed by atoms with E-state index in [1.54, 1.807) is 30.3 Å². The third-order valence-corrected chi connectivity index (χ3v) is 6.14. The summed E-state index contributed by atoms with van der Waals surface area (Å²) >= 11 is 5.77. The number of benzene rings is 2. The maximum atomic E-state index is 14.1. The summed E-state index contributed by atoms with van der Waals surface area (Å²) in [6.07, 6.45) is 0.138. The van der Waals surface area contributed by atoms with E-state index in [2.05, 4.69) is 10.4 Å². The minimum atomic E-state index is -0.714. The number of hydrogen-bond donors (Lipinski definition) is 3. The molecule has 0 atom stereocenters. The summed E-state index contributed by atoms with van der Waals surface area (Å²) in [5, 5.41) is 17.0. The van der Waals surface area contributed by atoms with Crippen LogP contribution in [0.4, 0.5) is 4.39 Å². The van der Waals surface area contributed by atoms with Gasteiger partial charge in [-0.05, 0) is 25.0 Å². The molecule has 1 heterocycles. The minimum absolute atomic E-state index is 0.0474. The highest BCUT2D eigenvalue weighted by atomic mass is 35.5. The van der Waals surface area contributed by atoms with E-state index in [4.69, 9.17) is 17.3 Å². The fraction of sp³-hybridized carbons (Fsp3) is 0.304. The summed E-state index contributed by atoms with van der Waals surface area (Å²) in [6.45, 7) is -0.594. The van der Waals surface area contributed by atoms with E-state index in [1.807, 2.05) is 0 Å². The Morgan fingerprint density at radius 3 is 2.65 bits per heavy atom. The van der Waals surface area contributed by atoms with Crippen LogP contribution < -0.4 is 11.1 Å². The summed E-state index contributed by atoms with van der Waals surface area (Å²) in [7, 11) is 0. The van der Waals surface area contributed by atoms with Crippen LogP contribution >= 0.6 is 11.6 Å². The highest BCUT2D eigenvalue weighted by Crippen LogP contribution is 2.26. The molecule has 178 valence electrons. The molecule has 0 aliphatic heterocycles. The number of hydrogen-bond acceptors (Lipinski definition) is 5. The Morgan fingerprint density at radius 2 is 1.94 bits per heavy atom. The third kappa shape index (κ3) is 4.87. The van der Waals surface area contributed by atoms with Crippen LogP contribution in [-0.4, -0.2) is 56.2 Å². The van der Waals surface area contributed by atoms with Crippen LogP contribution in [0.3, 0.4) is 0 Å². The van der Waals surface area contributed by atoms with Crippen LogP contribution in [0.1, 0.15) is 28.9 Å². The van der Waals surface area contributed by atoms with Crippen molar-refractivity contribution in [3.8, 4) is 0 Å². The molecule has 4 rings (SSSR count). The van der Waals surface area contributed by atoms with E-state index in [0.29, 0.717) is 23.7 Å². The van der Waals surface area contributed by atoms with Crippen molar-refractivity contribution in [3.05, 3.63) is 64.6 Å². The first kappa shape index (κ1) is 23.7. The van der Waals surface area contributed by atoms with E-state index in [-0.39, 0.29) is 42.0 Å². The SMILES string of the molecule is NC(=O)c1nn(CC(=O)N(CC(=O)NCc2cccc(Cl)c2F)C2CC(O)C2)c2ccccc12. The van der Waals surface area contributed by atoms with Crippen molar-refractivity contribution in [2.24, 2.45) is 5.73 Å². The van der Waals surface area contributed by atoms with Gasteiger partial charge in [0.2, 0.25) is 11.8 Å². The van der Waals surface area contributed by atoms with Gasteiger partial charge < -0.3 is 21.1 Å². The number of nitrogens with one attached hydrogen (secondary N) is 1. The fourth-order valence-corrected chi connectivity index (χ4v) is 4.17. The minimum Gasteiger partial charge on any atom is -0.393 e. The van der Waals surface area contributed by atoms with Gasteiger partial charge in [-0.15, -0.1) is 0 Å². The molecule has 1 aliphatic rings. The molecule has 1 saturated carbocycles. The number of carbonyl (C=O) groups is 3. The highest BCUT2D eigenvalue weighted by Gasteiger charge is 2.36. The zero-order valence-corrected chi connectivity index (χ0v) is 18.8. The van der Waals surface area contributed by atoms with Crippen molar-refractivity contribution in [2.45, 2.75) is 38.1 Å². The molecule has 0 spiro atoms. The lowest BCUT2D eigenvalue weighted by Gasteiger charge is -2.40. The van der Waals surface area contributed by atoms with Crippen molar-refractivity contribution in [1.82, 2.24) is 20.0 Å². The number of primary amides is 1. The second-order valence-corrected chi connectivity index (χ2v) is 8.59. The molecule has 34 heavy (non-hydrogen) atoms. The van der Waals surface area contributed by atoms with Gasteiger partial charge >= 0.3 is 0 Å². The molecule has 9 nitrogen and oxygen atoms in total. The first-order valence-corrected chi connectivity index (χ1v) is 11.0. The Hall–Kier alpha value is -3.50. The van der Waals surface area contributed by atoms with Gasteiger partial charge in [0.15, 0.2) is 5.69 Å². The zero-order chi connectivity index (χ0) is 24.4. The monoisotopic (exact) mass is 487 g/mol. The van der Waals surface area contributed by atoms with Crippen molar-refractivity contribution in [3.63, 3.8) is 0 Å². The normalized spacial score (nSPS) is 17.3. The summed E-state index contributed by atoms with van der Waals surface area (Å²) in [5.74, 6) is -2.23. The van der Waals surface area contributed by atoms with Crippen molar-refractivity contribution in [2.75, 3.05) is 6.54 Å². The molecule has 1 aromatic heterocycles. The number of para-hydroxylation sites is 1. The van der Waals surface area contributed by atoms with E-state index in [0.717, 1.165) is 0 Å². The Kier molecular flexibility index (Phi) is 6.80. The lowest BCUT2D eigenvalue weighted by Crippen LogP contribution is -2.53. The summed E-state index contributed by atoms with van der Waals surface area (Å²) in [4.78, 5) is 38.9. The number of aliphatic hydroxyl groups is 1. The van der Waals surface area contributed by atoms with Gasteiger partial charge in [0, 0.05) is 23.5 Å². The van der Waals surface area contributed by atoms with Gasteiger partial charge in [-0.2, -0.15) is 5.10 Å². The zero-order valence-electron chi connectivity index (χ0n) is 18.1. The second-order valence-electron chi connectivity index (χ2n) is 8.18. The third-order valence-electron chi connectivity index (χ3n) is 5.85. The Morgan fingerprint density at radius 1 is 1.21 bits per heavy atom. The van der Waals surface area contributed by atoms with E-state index in [1.165, 1.54) is 21.7 Å². The predicted molar refractivity (Wildman–Crippen MR) is 122 cm³/mol. The maximum absolute atomic E-state index is 14.1. The van der Waals surface area contributed by atoms with E-state index >= 15 is 0 Å². The van der Waals surface area contributed by atoms with Crippen molar-refractivity contribution in [1.29, 1.82) is 0 Å². The molecular weight excluding hydrogens is 465 g/mol. The molecule has 3 aromatic rings. The molecule has 11 heteroatoms. The Bertz CT molecular complexity index is 1260. The molecule has 0 saturated heterocycles. The summed E-state index contributed by atoms with van der Waals surface area (Å²) < 4.78 is 15.5. The average molecular weight is 488 g/mol. The van der Waals surface area contributed by atoms with Crippen LogP contribution in [0, 0.1) is 5.82 Å². The molecule has 1 fully saturated rings. The lowest BCUT2D eigenvalue weighted by molar-refractivity contribution is -0.143. The lowest BCUT2D eigenvalue weighted by atomic mass is 9.88. The number of nitrogens with zero attached hydrogens (tertiary/aromatic N) is 3. The molecule has 2 aromatic carbocycles. The summed E-state index contributed by atoms with van der Waals surface area (Å²) in [6, 6.07) is 11.0. The molecule has 3 amide bonds. The van der Waals surface area contributed by atoms with E-state index < -0.39 is 29.6 Å². The number of amides is 3. The first-order valence-electron chi connectivity index (χ1n) is 10.7. The van der Waals surface area contributed by atoms with Crippen molar-refractivity contribution < 1.29 is 23.9 Å². The average Bonchev–Trinajstić information content (AvgIpc) is 3.15. The molecule has 0 unspecified atom stereocenters. The van der Waals surface area contributed by atoms with Gasteiger partial charge in [-0.3, -0.25) is 19.1 Å². The first-order chi connectivity index (χ1) is 16.2. The predicted octanol–water partition coefficient (Wildman–Crippen LogP) is 1.60. The summed E-state index contributed by atoms with van der Waals surface area (Å²) in [5.41, 5.74) is 6.25. The van der Waals surface area contributed by atoms with Crippen LogP contribution in [-0.2, 0) is 22.7 Å². The van der Waals surface area contributed by atoms with Gasteiger partial charge in [0.1, 0.15) is 12.4 Å². The molecular formula is C23H23ClFN5O4. The molecule has 4 N–H and O–H groups in total. The van der Waals surface area contributed by atoms with Crippen LogP contribution in [0.2, 0.25) is 5.02 Å². The Labute approximate surface area is 199 Å². The van der Waals surface area contributed by atoms with Gasteiger partial charge in [-0.1, -0.05) is 41.9 Å². The largest absolute Gasteiger partial charge is 0.393 e. The second kappa shape index (κ2) is 9.78. The van der Waals surface area contributed by atoms with Crippen LogP contribution in [0.5, 0.6) is 0 Å². The van der Waals surface area contributed by atoms with Gasteiger partial charge in [0.25, 0.3) is 5.91 Å². The standard InChI is InChI=1S/C23H23ClFN5O4/c24-17-6-3-4-13(21(17)25)10-27-19(32)11-29(14-8-15(31)9-14)20(33)12-30-18-7-2-1-5-16(18)22(28-30)23(26)34/h1-7,14-15,31H,8-12H2,(H2,26,34)(H,27,32). The van der Waals surface area contributed by atoms with Gasteiger partial charge in [-0.25, -0.2) is 4.39 Å². The van der Waals surface area contributed by atoms with Crippen LogP contribution in [0.15, 0.2) is 42.5 Å². The highest BCUT2D eigenvalue weighted by molar-refractivity contribution is 6.30. The Balaban J connectivity index is 1.49. The molecule has 0 bridgehead atoms. The smallest absolute Gasteiger partial charge is 0.269 e. The fourth-order valence-electron chi connectivity index (χ4n) is 3.97. The van der Waals surface area contributed by atoms with Crippen LogP contribution in [0.25, 0.3) is 10.9 Å². The number of rotatable bonds is 8. The number of fused-ring (bicyclic) bond motifs is 1. The molecule has 1 aliphatic carbocycles. The maximum Gasteiger partial charge on any atom is 0.269 e. The quantitative estimate of drug-likeness (QED) is 0.444. The number of halogens is 2. The molecule has 0 radical (unpaired) electrons. The van der Waals surface area contributed by atoms with Crippen molar-refractivity contribution >= 4 is 40.2 Å². The van der Waals surface area contributed by atoms with E-state index in [9.17, 15) is 23.9 Å². The number of nitrogens with two attached hydrogens (primary N) is 1. The van der Waals surface area contributed by atoms with Gasteiger partial charge in [0.05, 0.1) is 23.2 Å². The number of aromatic nitrogens is 2. The number of carbonyl (C=O) groups excluding carboxylic acids is 3.